The van der Waals surface area contributed by atoms with Gasteiger partial charge in [-0.2, -0.15) is 5.26 Å². The van der Waals surface area contributed by atoms with E-state index in [1.165, 1.54) is 0 Å². The fourth-order valence-corrected chi connectivity index (χ4v) is 2.38. The molecule has 96 valence electrons. The molecule has 0 bridgehead atoms. The van der Waals surface area contributed by atoms with E-state index in [-0.39, 0.29) is 5.91 Å². The second kappa shape index (κ2) is 6.20. The van der Waals surface area contributed by atoms with Gasteiger partial charge in [0.15, 0.2) is 0 Å². The molecule has 5 nitrogen and oxygen atoms in total. The third kappa shape index (κ3) is 3.10. The monoisotopic (exact) mass is 246 g/mol. The van der Waals surface area contributed by atoms with Crippen LogP contribution in [-0.2, 0) is 4.79 Å². The maximum absolute atomic E-state index is 11.9. The average molecular weight is 246 g/mol. The predicted octanol–water partition coefficient (Wildman–Crippen LogP) is 1.74. The van der Waals surface area contributed by atoms with Gasteiger partial charge in [-0.1, -0.05) is 0 Å². The Hall–Kier alpha value is -1.83. The molecule has 0 radical (unpaired) electrons. The van der Waals surface area contributed by atoms with Crippen molar-refractivity contribution in [3.05, 3.63) is 18.7 Å². The fourth-order valence-electron chi connectivity index (χ4n) is 2.38. The summed E-state index contributed by atoms with van der Waals surface area (Å²) in [5, 5.41) is 8.45. The van der Waals surface area contributed by atoms with Crippen molar-refractivity contribution in [2.24, 2.45) is 0 Å². The van der Waals surface area contributed by atoms with Crippen molar-refractivity contribution >= 4 is 5.91 Å². The SMILES string of the molecule is N#CCCCC(=O)N1CCC(n2ccnc2)CC1. The van der Waals surface area contributed by atoms with Gasteiger partial charge in [0.2, 0.25) is 5.91 Å². The molecule has 2 rings (SSSR count). The lowest BCUT2D eigenvalue weighted by molar-refractivity contribution is -0.132. The Morgan fingerprint density at radius 1 is 1.44 bits per heavy atom. The van der Waals surface area contributed by atoms with Crippen LogP contribution in [0.15, 0.2) is 18.7 Å². The maximum Gasteiger partial charge on any atom is 0.222 e. The summed E-state index contributed by atoms with van der Waals surface area (Å²) in [4.78, 5) is 17.8. The quantitative estimate of drug-likeness (QED) is 0.760. The molecular formula is C13H18N4O. The van der Waals surface area contributed by atoms with E-state index in [0.29, 0.717) is 25.3 Å². The topological polar surface area (TPSA) is 61.9 Å². The van der Waals surface area contributed by atoms with Gasteiger partial charge in [0.05, 0.1) is 12.4 Å². The Morgan fingerprint density at radius 2 is 2.22 bits per heavy atom. The lowest BCUT2D eigenvalue weighted by Gasteiger charge is -2.32. The summed E-state index contributed by atoms with van der Waals surface area (Å²) in [5.41, 5.74) is 0. The van der Waals surface area contributed by atoms with Gasteiger partial charge in [0.25, 0.3) is 0 Å². The smallest absolute Gasteiger partial charge is 0.222 e. The molecule has 1 fully saturated rings. The minimum Gasteiger partial charge on any atom is -0.343 e. The van der Waals surface area contributed by atoms with Gasteiger partial charge in [-0.15, -0.1) is 0 Å². The summed E-state index contributed by atoms with van der Waals surface area (Å²) >= 11 is 0. The first kappa shape index (κ1) is 12.6. The van der Waals surface area contributed by atoms with Crippen molar-refractivity contribution in [1.82, 2.24) is 14.5 Å². The van der Waals surface area contributed by atoms with E-state index in [1.807, 2.05) is 17.4 Å². The number of hydrogen-bond donors (Lipinski definition) is 0. The van der Waals surface area contributed by atoms with Crippen LogP contribution < -0.4 is 0 Å². The Kier molecular flexibility index (Phi) is 4.35. The molecule has 0 aliphatic carbocycles. The van der Waals surface area contributed by atoms with Crippen LogP contribution in [0.3, 0.4) is 0 Å². The van der Waals surface area contributed by atoms with E-state index in [0.717, 1.165) is 25.9 Å². The molecule has 0 saturated carbocycles. The summed E-state index contributed by atoms with van der Waals surface area (Å²) in [7, 11) is 0. The van der Waals surface area contributed by atoms with Crippen molar-refractivity contribution in [2.75, 3.05) is 13.1 Å². The van der Waals surface area contributed by atoms with Crippen LogP contribution in [0.2, 0.25) is 0 Å². The molecule has 2 heterocycles. The van der Waals surface area contributed by atoms with Crippen molar-refractivity contribution < 1.29 is 4.79 Å². The molecule has 1 amide bonds. The maximum atomic E-state index is 11.9. The Bertz CT molecular complexity index is 413. The van der Waals surface area contributed by atoms with Crippen LogP contribution >= 0.6 is 0 Å². The molecule has 0 N–H and O–H groups in total. The van der Waals surface area contributed by atoms with Crippen LogP contribution in [0, 0.1) is 11.3 Å². The van der Waals surface area contributed by atoms with Crippen molar-refractivity contribution in [3.8, 4) is 6.07 Å². The molecule has 1 aromatic heterocycles. The van der Waals surface area contributed by atoms with Crippen molar-refractivity contribution in [3.63, 3.8) is 0 Å². The van der Waals surface area contributed by atoms with Gasteiger partial charge in [-0.25, -0.2) is 4.98 Å². The Labute approximate surface area is 107 Å². The standard InChI is InChI=1S/C13H18N4O/c14-6-2-1-3-13(18)16-8-4-12(5-9-16)17-10-7-15-11-17/h7,10-12H,1-5,8-9H2. The number of carbonyl (C=O) groups is 1. The molecule has 5 heteroatoms. The molecule has 1 aliphatic heterocycles. The highest BCUT2D eigenvalue weighted by Crippen LogP contribution is 2.22. The van der Waals surface area contributed by atoms with Gasteiger partial charge >= 0.3 is 0 Å². The van der Waals surface area contributed by atoms with Crippen LogP contribution in [-0.4, -0.2) is 33.4 Å². The largest absolute Gasteiger partial charge is 0.343 e. The molecule has 1 aromatic rings. The summed E-state index contributed by atoms with van der Waals surface area (Å²) in [6, 6.07) is 2.54. The van der Waals surface area contributed by atoms with Crippen molar-refractivity contribution in [2.45, 2.75) is 38.1 Å². The molecule has 1 aliphatic rings. The first-order chi connectivity index (χ1) is 8.81. The Balaban J connectivity index is 1.76. The number of imidazole rings is 1. The zero-order valence-electron chi connectivity index (χ0n) is 10.5. The number of nitriles is 1. The van der Waals surface area contributed by atoms with Gasteiger partial charge in [-0.05, 0) is 19.3 Å². The lowest BCUT2D eigenvalue weighted by atomic mass is 10.0. The number of piperidine rings is 1. The van der Waals surface area contributed by atoms with E-state index in [1.54, 1.807) is 6.20 Å². The normalized spacial score (nSPS) is 16.5. The highest BCUT2D eigenvalue weighted by atomic mass is 16.2. The summed E-state index contributed by atoms with van der Waals surface area (Å²) in [6.07, 6.45) is 9.24. The zero-order valence-corrected chi connectivity index (χ0v) is 10.5. The molecule has 1 saturated heterocycles. The van der Waals surface area contributed by atoms with Gasteiger partial charge < -0.3 is 9.47 Å². The number of hydrogen-bond acceptors (Lipinski definition) is 3. The second-order valence-electron chi connectivity index (χ2n) is 4.63. The zero-order chi connectivity index (χ0) is 12.8. The minimum absolute atomic E-state index is 0.189. The van der Waals surface area contributed by atoms with Crippen LogP contribution in [0.4, 0.5) is 0 Å². The van der Waals surface area contributed by atoms with E-state index >= 15 is 0 Å². The van der Waals surface area contributed by atoms with Crippen molar-refractivity contribution in [1.29, 1.82) is 5.26 Å². The summed E-state index contributed by atoms with van der Waals surface area (Å²) in [6.45, 7) is 1.63. The number of amides is 1. The number of rotatable bonds is 4. The van der Waals surface area contributed by atoms with Gasteiger partial charge in [0.1, 0.15) is 0 Å². The number of nitrogens with zero attached hydrogens (tertiary/aromatic N) is 4. The van der Waals surface area contributed by atoms with E-state index in [9.17, 15) is 4.79 Å². The lowest BCUT2D eigenvalue weighted by Crippen LogP contribution is -2.38. The number of unbranched alkanes of at least 4 members (excludes halogenated alkanes) is 1. The summed E-state index contributed by atoms with van der Waals surface area (Å²) < 4.78 is 2.12. The molecular weight excluding hydrogens is 228 g/mol. The third-order valence-electron chi connectivity index (χ3n) is 3.44. The molecule has 0 atom stereocenters. The van der Waals surface area contributed by atoms with Crippen LogP contribution in [0.25, 0.3) is 0 Å². The van der Waals surface area contributed by atoms with E-state index in [2.05, 4.69) is 15.6 Å². The molecule has 0 spiro atoms. The highest BCUT2D eigenvalue weighted by molar-refractivity contribution is 5.76. The van der Waals surface area contributed by atoms with E-state index < -0.39 is 0 Å². The van der Waals surface area contributed by atoms with E-state index in [4.69, 9.17) is 5.26 Å². The van der Waals surface area contributed by atoms with Gasteiger partial charge in [-0.3, -0.25) is 4.79 Å². The molecule has 18 heavy (non-hydrogen) atoms. The number of likely N-dealkylation sites (tertiary alicyclic amines) is 1. The molecule has 0 unspecified atom stereocenters. The van der Waals surface area contributed by atoms with Gasteiger partial charge in [0, 0.05) is 44.4 Å². The number of carbonyl (C=O) groups excluding carboxylic acids is 1. The second-order valence-corrected chi connectivity index (χ2v) is 4.63. The first-order valence-electron chi connectivity index (χ1n) is 6.43. The number of aromatic nitrogens is 2. The van der Waals surface area contributed by atoms with Crippen LogP contribution in [0.5, 0.6) is 0 Å². The first-order valence-corrected chi connectivity index (χ1v) is 6.43. The average Bonchev–Trinajstić information content (AvgIpc) is 2.93. The van der Waals surface area contributed by atoms with Crippen LogP contribution in [0.1, 0.15) is 38.1 Å². The fraction of sp³-hybridized carbons (Fsp3) is 0.615. The molecule has 0 aromatic carbocycles. The minimum atomic E-state index is 0.189. The Morgan fingerprint density at radius 3 is 2.83 bits per heavy atom. The summed E-state index contributed by atoms with van der Waals surface area (Å²) in [5.74, 6) is 0.189. The predicted molar refractivity (Wildman–Crippen MR) is 66.5 cm³/mol. The highest BCUT2D eigenvalue weighted by Gasteiger charge is 2.22. The third-order valence-corrected chi connectivity index (χ3v) is 3.44.